The fourth-order valence-corrected chi connectivity index (χ4v) is 4.17. The van der Waals surface area contributed by atoms with Crippen LogP contribution < -0.4 is 0 Å². The van der Waals surface area contributed by atoms with Crippen molar-refractivity contribution in [2.75, 3.05) is 0 Å². The summed E-state index contributed by atoms with van der Waals surface area (Å²) in [6.07, 6.45) is 0.298. The maximum atomic E-state index is 13.5. The predicted octanol–water partition coefficient (Wildman–Crippen LogP) is 3.63. The Labute approximate surface area is 197 Å². The SMILES string of the molecule is N#Cc1ccc(CN2C(=O)N(C(Cc3ccccc3)C(=O)O)C(=O)C2Cc2ccccc2)cc1. The minimum absolute atomic E-state index is 0.0242. The second kappa shape index (κ2) is 10.0. The first-order chi connectivity index (χ1) is 16.5. The molecule has 2 atom stereocenters. The first-order valence-electron chi connectivity index (χ1n) is 10.9. The van der Waals surface area contributed by atoms with E-state index in [0.29, 0.717) is 5.56 Å². The topological polar surface area (TPSA) is 102 Å². The van der Waals surface area contributed by atoms with Gasteiger partial charge in [-0.1, -0.05) is 72.8 Å². The average molecular weight is 453 g/mol. The molecule has 0 bridgehead atoms. The first-order valence-corrected chi connectivity index (χ1v) is 10.9. The summed E-state index contributed by atoms with van der Waals surface area (Å²) in [5.41, 5.74) is 2.83. The highest BCUT2D eigenvalue weighted by molar-refractivity contribution is 6.07. The molecule has 3 aromatic rings. The van der Waals surface area contributed by atoms with E-state index in [4.69, 9.17) is 5.26 Å². The van der Waals surface area contributed by atoms with Crippen molar-refractivity contribution < 1.29 is 19.5 Å². The van der Waals surface area contributed by atoms with Crippen LogP contribution in [0.1, 0.15) is 22.3 Å². The number of carboxylic acids is 1. The van der Waals surface area contributed by atoms with Gasteiger partial charge in [0.1, 0.15) is 12.1 Å². The molecule has 3 amide bonds. The number of rotatable bonds is 8. The molecule has 1 fully saturated rings. The van der Waals surface area contributed by atoms with Crippen molar-refractivity contribution >= 4 is 17.9 Å². The highest BCUT2D eigenvalue weighted by Gasteiger charge is 2.49. The summed E-state index contributed by atoms with van der Waals surface area (Å²) in [5.74, 6) is -1.75. The maximum Gasteiger partial charge on any atom is 0.328 e. The van der Waals surface area contributed by atoms with Crippen LogP contribution in [0.4, 0.5) is 4.79 Å². The Bertz CT molecular complexity index is 1220. The number of carbonyl (C=O) groups is 3. The van der Waals surface area contributed by atoms with Gasteiger partial charge in [-0.05, 0) is 28.8 Å². The number of amides is 3. The van der Waals surface area contributed by atoms with Gasteiger partial charge in [0.05, 0.1) is 11.6 Å². The third kappa shape index (κ3) is 4.81. The van der Waals surface area contributed by atoms with E-state index in [0.717, 1.165) is 21.6 Å². The zero-order chi connectivity index (χ0) is 24.1. The number of imide groups is 1. The molecule has 0 aliphatic carbocycles. The number of carbonyl (C=O) groups excluding carboxylic acids is 2. The molecule has 1 heterocycles. The van der Waals surface area contributed by atoms with Crippen LogP contribution in [0.15, 0.2) is 84.9 Å². The lowest BCUT2D eigenvalue weighted by Crippen LogP contribution is -2.47. The van der Waals surface area contributed by atoms with Crippen LogP contribution in [0.25, 0.3) is 0 Å². The molecule has 1 saturated heterocycles. The molecule has 1 N–H and O–H groups in total. The summed E-state index contributed by atoms with van der Waals surface area (Å²) in [6.45, 7) is 0.127. The third-order valence-electron chi connectivity index (χ3n) is 5.93. The molecule has 0 spiro atoms. The molecular weight excluding hydrogens is 430 g/mol. The Morgan fingerprint density at radius 3 is 2.03 bits per heavy atom. The molecule has 0 aromatic heterocycles. The van der Waals surface area contributed by atoms with Gasteiger partial charge in [0.2, 0.25) is 0 Å². The van der Waals surface area contributed by atoms with Crippen molar-refractivity contribution in [3.05, 3.63) is 107 Å². The van der Waals surface area contributed by atoms with Crippen LogP contribution in [-0.2, 0) is 29.0 Å². The summed E-state index contributed by atoms with van der Waals surface area (Å²) < 4.78 is 0. The Morgan fingerprint density at radius 1 is 0.882 bits per heavy atom. The Morgan fingerprint density at radius 2 is 1.47 bits per heavy atom. The van der Waals surface area contributed by atoms with Crippen molar-refractivity contribution in [2.24, 2.45) is 0 Å². The fraction of sp³-hybridized carbons (Fsp3) is 0.185. The second-order valence-corrected chi connectivity index (χ2v) is 8.18. The summed E-state index contributed by atoms with van der Waals surface area (Å²) in [4.78, 5) is 41.5. The van der Waals surface area contributed by atoms with Crippen molar-refractivity contribution in [1.29, 1.82) is 5.26 Å². The lowest BCUT2D eigenvalue weighted by Gasteiger charge is -2.23. The van der Waals surface area contributed by atoms with Crippen LogP contribution in [0, 0.1) is 11.3 Å². The van der Waals surface area contributed by atoms with E-state index in [1.165, 1.54) is 4.90 Å². The van der Waals surface area contributed by atoms with E-state index in [1.54, 1.807) is 48.5 Å². The molecule has 2 unspecified atom stereocenters. The highest BCUT2D eigenvalue weighted by Crippen LogP contribution is 2.27. The van der Waals surface area contributed by atoms with Gasteiger partial charge in [0, 0.05) is 19.4 Å². The molecule has 1 aliphatic heterocycles. The van der Waals surface area contributed by atoms with Crippen LogP contribution in [0.2, 0.25) is 0 Å². The standard InChI is InChI=1S/C27H23N3O4/c28-17-21-11-13-22(14-12-21)18-29-23(15-19-7-3-1-4-8-19)25(31)30(27(29)34)24(26(32)33)16-20-9-5-2-6-10-20/h1-14,23-24H,15-16,18H2,(H,32,33). The summed E-state index contributed by atoms with van der Waals surface area (Å²) in [5, 5.41) is 19.0. The number of hydrogen-bond acceptors (Lipinski definition) is 4. The molecule has 3 aromatic carbocycles. The Hall–Kier alpha value is -4.44. The number of nitrogens with zero attached hydrogens (tertiary/aromatic N) is 3. The van der Waals surface area contributed by atoms with Gasteiger partial charge in [-0.3, -0.25) is 4.79 Å². The van der Waals surface area contributed by atoms with Crippen LogP contribution in [-0.4, -0.2) is 44.9 Å². The van der Waals surface area contributed by atoms with E-state index in [1.807, 2.05) is 36.4 Å². The van der Waals surface area contributed by atoms with Gasteiger partial charge in [-0.15, -0.1) is 0 Å². The minimum Gasteiger partial charge on any atom is -0.480 e. The predicted molar refractivity (Wildman–Crippen MR) is 124 cm³/mol. The quantitative estimate of drug-likeness (QED) is 0.525. The summed E-state index contributed by atoms with van der Waals surface area (Å²) >= 11 is 0. The lowest BCUT2D eigenvalue weighted by atomic mass is 10.0. The average Bonchev–Trinajstić information content (AvgIpc) is 3.08. The van der Waals surface area contributed by atoms with Crippen LogP contribution in [0.3, 0.4) is 0 Å². The first kappa shape index (κ1) is 22.7. The molecule has 0 saturated carbocycles. The number of nitriles is 1. The monoisotopic (exact) mass is 453 g/mol. The number of urea groups is 1. The number of hydrogen-bond donors (Lipinski definition) is 1. The van der Waals surface area contributed by atoms with E-state index < -0.39 is 30.0 Å². The molecule has 1 aliphatic rings. The maximum absolute atomic E-state index is 13.5. The zero-order valence-corrected chi connectivity index (χ0v) is 18.4. The number of carboxylic acid groups (broad SMARTS) is 1. The van der Waals surface area contributed by atoms with Crippen molar-refractivity contribution in [3.63, 3.8) is 0 Å². The van der Waals surface area contributed by atoms with Gasteiger partial charge in [0.15, 0.2) is 0 Å². The largest absolute Gasteiger partial charge is 0.480 e. The fourth-order valence-electron chi connectivity index (χ4n) is 4.17. The third-order valence-corrected chi connectivity index (χ3v) is 5.93. The summed E-state index contributed by atoms with van der Waals surface area (Å²) in [7, 11) is 0. The smallest absolute Gasteiger partial charge is 0.328 e. The molecule has 34 heavy (non-hydrogen) atoms. The number of benzene rings is 3. The van der Waals surface area contributed by atoms with Crippen LogP contribution >= 0.6 is 0 Å². The summed E-state index contributed by atoms with van der Waals surface area (Å²) in [6, 6.07) is 24.3. The number of aliphatic carboxylic acids is 1. The molecule has 170 valence electrons. The Balaban J connectivity index is 1.67. The van der Waals surface area contributed by atoms with Gasteiger partial charge in [-0.25, -0.2) is 14.5 Å². The van der Waals surface area contributed by atoms with E-state index in [2.05, 4.69) is 6.07 Å². The van der Waals surface area contributed by atoms with Crippen molar-refractivity contribution in [3.8, 4) is 6.07 Å². The lowest BCUT2D eigenvalue weighted by molar-refractivity contribution is -0.146. The van der Waals surface area contributed by atoms with Gasteiger partial charge >= 0.3 is 12.0 Å². The van der Waals surface area contributed by atoms with Gasteiger partial charge < -0.3 is 10.0 Å². The normalized spacial score (nSPS) is 16.4. The van der Waals surface area contributed by atoms with E-state index in [-0.39, 0.29) is 19.4 Å². The van der Waals surface area contributed by atoms with E-state index in [9.17, 15) is 19.5 Å². The van der Waals surface area contributed by atoms with Crippen molar-refractivity contribution in [2.45, 2.75) is 31.5 Å². The zero-order valence-electron chi connectivity index (χ0n) is 18.4. The second-order valence-electron chi connectivity index (χ2n) is 8.18. The Kier molecular flexibility index (Phi) is 6.69. The molecule has 0 radical (unpaired) electrons. The molecular formula is C27H23N3O4. The van der Waals surface area contributed by atoms with E-state index >= 15 is 0 Å². The molecule has 7 nitrogen and oxygen atoms in total. The highest BCUT2D eigenvalue weighted by atomic mass is 16.4. The van der Waals surface area contributed by atoms with Gasteiger partial charge in [-0.2, -0.15) is 5.26 Å². The van der Waals surface area contributed by atoms with Crippen LogP contribution in [0.5, 0.6) is 0 Å². The molecule has 7 heteroatoms. The van der Waals surface area contributed by atoms with Crippen molar-refractivity contribution in [1.82, 2.24) is 9.80 Å². The van der Waals surface area contributed by atoms with Gasteiger partial charge in [0.25, 0.3) is 5.91 Å². The molecule has 4 rings (SSSR count). The minimum atomic E-state index is -1.31.